The molecule has 3 rings (SSSR count). The van der Waals surface area contributed by atoms with Crippen LogP contribution in [0.25, 0.3) is 22.3 Å². The second kappa shape index (κ2) is 18.2. The Morgan fingerprint density at radius 2 is 1.41 bits per heavy atom. The van der Waals surface area contributed by atoms with Gasteiger partial charge in [0.1, 0.15) is 6.10 Å². The van der Waals surface area contributed by atoms with Crippen molar-refractivity contribution in [1.82, 2.24) is 0 Å². The zero-order chi connectivity index (χ0) is 30.2. The topological polar surface area (TPSA) is 9.23 Å². The molecule has 2 atom stereocenters. The molecule has 0 radical (unpaired) electrons. The summed E-state index contributed by atoms with van der Waals surface area (Å²) in [6, 6.07) is 23.0. The molecule has 0 heterocycles. The zero-order valence-corrected chi connectivity index (χ0v) is 26.9. The molecule has 0 amide bonds. The minimum absolute atomic E-state index is 0.0290. The van der Waals surface area contributed by atoms with Gasteiger partial charge in [-0.15, -0.1) is 6.58 Å². The van der Waals surface area contributed by atoms with Crippen molar-refractivity contribution in [3.63, 3.8) is 0 Å². The van der Waals surface area contributed by atoms with Gasteiger partial charge in [0.15, 0.2) is 0 Å². The largest absolute Gasteiger partial charge is 0.494 e. The summed E-state index contributed by atoms with van der Waals surface area (Å²) in [5, 5.41) is 0. The number of allylic oxidation sites excluding steroid dienone is 2. The molecular formula is C40H54O. The molecule has 0 N–H and O–H groups in total. The lowest BCUT2D eigenvalue weighted by molar-refractivity contribution is 0.193. The zero-order valence-electron chi connectivity index (χ0n) is 26.9. The molecular weight excluding hydrogens is 496 g/mol. The summed E-state index contributed by atoms with van der Waals surface area (Å²) in [4.78, 5) is 0. The number of unbranched alkanes of at least 4 members (excludes halogenated alkanes) is 1. The van der Waals surface area contributed by atoms with E-state index in [4.69, 9.17) is 4.74 Å². The fourth-order valence-electron chi connectivity index (χ4n) is 4.68. The molecule has 0 aliphatic carbocycles. The van der Waals surface area contributed by atoms with E-state index in [9.17, 15) is 0 Å². The summed E-state index contributed by atoms with van der Waals surface area (Å²) >= 11 is 0. The summed E-state index contributed by atoms with van der Waals surface area (Å²) in [6.07, 6.45) is 13.8. The Morgan fingerprint density at radius 3 is 1.95 bits per heavy atom. The number of hydrogen-bond donors (Lipinski definition) is 0. The van der Waals surface area contributed by atoms with Crippen LogP contribution in [0.4, 0.5) is 0 Å². The van der Waals surface area contributed by atoms with Crippen molar-refractivity contribution in [2.45, 2.75) is 99.5 Å². The lowest BCUT2D eigenvalue weighted by Crippen LogP contribution is -2.04. The minimum atomic E-state index is 0.0290. The van der Waals surface area contributed by atoms with Crippen LogP contribution in [-0.4, -0.2) is 6.10 Å². The maximum Gasteiger partial charge on any atom is 0.115 e. The maximum absolute atomic E-state index is 5.80. The first-order chi connectivity index (χ1) is 19.8. The van der Waals surface area contributed by atoms with Crippen LogP contribution in [0.5, 0.6) is 0 Å². The third kappa shape index (κ3) is 10.9. The molecule has 1 nitrogen and oxygen atoms in total. The van der Waals surface area contributed by atoms with Gasteiger partial charge < -0.3 is 4.74 Å². The molecule has 0 aliphatic rings. The first kappa shape index (κ1) is 33.9. The molecule has 0 saturated carbocycles. The molecule has 0 aromatic heterocycles. The van der Waals surface area contributed by atoms with Gasteiger partial charge in [0.2, 0.25) is 0 Å². The summed E-state index contributed by atoms with van der Waals surface area (Å²) in [5.74, 6) is 0.423. The highest BCUT2D eigenvalue weighted by Crippen LogP contribution is 2.32. The first-order valence-corrected chi connectivity index (χ1v) is 15.7. The lowest BCUT2D eigenvalue weighted by atomic mass is 9.87. The van der Waals surface area contributed by atoms with E-state index in [1.165, 1.54) is 63.8 Å². The van der Waals surface area contributed by atoms with Crippen molar-refractivity contribution in [3.8, 4) is 22.3 Å². The average molecular weight is 551 g/mol. The van der Waals surface area contributed by atoms with Crippen molar-refractivity contribution in [3.05, 3.63) is 120 Å². The summed E-state index contributed by atoms with van der Waals surface area (Å²) in [5.41, 5.74) is 11.7. The van der Waals surface area contributed by atoms with Crippen molar-refractivity contribution in [1.29, 1.82) is 0 Å². The van der Waals surface area contributed by atoms with E-state index in [1.807, 2.05) is 20.1 Å². The van der Waals surface area contributed by atoms with E-state index in [0.717, 1.165) is 31.3 Å². The number of benzene rings is 3. The maximum atomic E-state index is 5.80. The van der Waals surface area contributed by atoms with E-state index < -0.39 is 0 Å². The van der Waals surface area contributed by atoms with Gasteiger partial charge in [-0.05, 0) is 108 Å². The molecule has 0 fully saturated rings. The fourth-order valence-corrected chi connectivity index (χ4v) is 4.68. The van der Waals surface area contributed by atoms with Crippen molar-refractivity contribution in [2.75, 3.05) is 0 Å². The SMILES string of the molecule is C=CC(C)Cc1cc(CC)c(C/C=C/OC(C)C(=C)C)cc1-c1ccc(-c2ccc(CCCC)cc2)cc1.CCC. The van der Waals surface area contributed by atoms with Gasteiger partial charge >= 0.3 is 0 Å². The molecule has 1 heteroatoms. The van der Waals surface area contributed by atoms with Crippen molar-refractivity contribution in [2.24, 2.45) is 5.92 Å². The van der Waals surface area contributed by atoms with Crippen LogP contribution in [-0.2, 0) is 30.4 Å². The van der Waals surface area contributed by atoms with Gasteiger partial charge in [0.25, 0.3) is 0 Å². The first-order valence-electron chi connectivity index (χ1n) is 15.7. The Bertz CT molecular complexity index is 1230. The molecule has 41 heavy (non-hydrogen) atoms. The van der Waals surface area contributed by atoms with Gasteiger partial charge in [0, 0.05) is 0 Å². The molecule has 0 saturated heterocycles. The van der Waals surface area contributed by atoms with E-state index in [0.29, 0.717) is 5.92 Å². The van der Waals surface area contributed by atoms with E-state index in [-0.39, 0.29) is 6.10 Å². The third-order valence-corrected chi connectivity index (χ3v) is 7.46. The Morgan fingerprint density at radius 1 is 0.829 bits per heavy atom. The molecule has 2 unspecified atom stereocenters. The minimum Gasteiger partial charge on any atom is -0.494 e. The monoisotopic (exact) mass is 550 g/mol. The third-order valence-electron chi connectivity index (χ3n) is 7.46. The van der Waals surface area contributed by atoms with E-state index in [2.05, 4.69) is 121 Å². The Labute approximate surface area is 252 Å². The molecule has 0 spiro atoms. The number of aryl methyl sites for hydroxylation is 2. The van der Waals surface area contributed by atoms with Crippen LogP contribution in [0.2, 0.25) is 0 Å². The normalized spacial score (nSPS) is 12.4. The van der Waals surface area contributed by atoms with Crippen LogP contribution in [0.15, 0.2) is 97.8 Å². The number of hydrogen-bond acceptors (Lipinski definition) is 1. The quantitative estimate of drug-likeness (QED) is 0.143. The van der Waals surface area contributed by atoms with E-state index >= 15 is 0 Å². The van der Waals surface area contributed by atoms with Crippen molar-refractivity contribution >= 4 is 0 Å². The second-order valence-electron chi connectivity index (χ2n) is 11.3. The Hall–Kier alpha value is -3.32. The van der Waals surface area contributed by atoms with Gasteiger partial charge in [-0.1, -0.05) is 121 Å². The Kier molecular flexibility index (Phi) is 15.0. The van der Waals surface area contributed by atoms with Crippen LogP contribution < -0.4 is 0 Å². The molecule has 220 valence electrons. The highest BCUT2D eigenvalue weighted by molar-refractivity contribution is 5.73. The molecule has 3 aromatic carbocycles. The van der Waals surface area contributed by atoms with E-state index in [1.54, 1.807) is 0 Å². The van der Waals surface area contributed by atoms with Crippen LogP contribution in [0, 0.1) is 5.92 Å². The van der Waals surface area contributed by atoms with Crippen molar-refractivity contribution < 1.29 is 4.74 Å². The lowest BCUT2D eigenvalue weighted by Gasteiger charge is -2.18. The predicted octanol–water partition coefficient (Wildman–Crippen LogP) is 11.7. The van der Waals surface area contributed by atoms with Crippen LogP contribution in [0.3, 0.4) is 0 Å². The average Bonchev–Trinajstić information content (AvgIpc) is 2.99. The highest BCUT2D eigenvalue weighted by atomic mass is 16.5. The molecule has 0 aliphatic heterocycles. The number of rotatable bonds is 14. The fraction of sp³-hybridized carbons (Fsp3) is 0.400. The summed E-state index contributed by atoms with van der Waals surface area (Å²) in [6.45, 7) is 23.0. The molecule has 0 bridgehead atoms. The van der Waals surface area contributed by atoms with Crippen LogP contribution >= 0.6 is 0 Å². The van der Waals surface area contributed by atoms with Gasteiger partial charge in [-0.3, -0.25) is 0 Å². The van der Waals surface area contributed by atoms with Gasteiger partial charge in [-0.25, -0.2) is 0 Å². The summed E-state index contributed by atoms with van der Waals surface area (Å²) in [7, 11) is 0. The highest BCUT2D eigenvalue weighted by Gasteiger charge is 2.13. The smallest absolute Gasteiger partial charge is 0.115 e. The van der Waals surface area contributed by atoms with Crippen LogP contribution in [0.1, 0.15) is 90.0 Å². The summed E-state index contributed by atoms with van der Waals surface area (Å²) < 4.78 is 5.80. The van der Waals surface area contributed by atoms with Gasteiger partial charge in [0.05, 0.1) is 6.26 Å². The Balaban J connectivity index is 0.00000187. The predicted molar refractivity (Wildman–Crippen MR) is 183 cm³/mol. The second-order valence-corrected chi connectivity index (χ2v) is 11.3. The van der Waals surface area contributed by atoms with Gasteiger partial charge in [-0.2, -0.15) is 0 Å². The number of ether oxygens (including phenoxy) is 1. The molecule has 3 aromatic rings. The standard InChI is InChI=1S/C37H46O.C3H8/c1-8-11-13-30-15-17-32(18-16-30)33-19-21-34(22-20-33)37-26-35(14-12-23-38-29(7)27(4)5)31(10-3)25-36(37)24-28(6)9-2;1-3-2/h9,12,15-23,25-26,28-29H,2,4,8,10-11,13-14,24H2,1,3,5-7H3;3H2,1-2H3/b23-12+;.